The summed E-state index contributed by atoms with van der Waals surface area (Å²) in [7, 11) is 0. The molecular weight excluding hydrogens is 314 g/mol. The number of nitrogens with one attached hydrogen (secondary N) is 2. The first-order valence-electron chi connectivity index (χ1n) is 7.75. The number of hydrogen-bond donors (Lipinski definition) is 3. The van der Waals surface area contributed by atoms with Crippen molar-refractivity contribution in [2.75, 3.05) is 16.4 Å². The molecule has 5 heteroatoms. The first kappa shape index (κ1) is 16.3. The summed E-state index contributed by atoms with van der Waals surface area (Å²) >= 11 is 0. The molecule has 0 unspecified atom stereocenters. The zero-order chi connectivity index (χ0) is 17.6. The van der Waals surface area contributed by atoms with Crippen molar-refractivity contribution in [3.8, 4) is 0 Å². The number of nitrogens with two attached hydrogens (primary N) is 1. The third-order valence-electron chi connectivity index (χ3n) is 3.56. The average molecular weight is 331 g/mol. The fourth-order valence-corrected chi connectivity index (χ4v) is 2.35. The highest BCUT2D eigenvalue weighted by atomic mass is 16.2. The van der Waals surface area contributed by atoms with Gasteiger partial charge in [-0.25, -0.2) is 0 Å². The minimum atomic E-state index is -0.284. The number of para-hydroxylation sites is 1. The van der Waals surface area contributed by atoms with E-state index >= 15 is 0 Å². The van der Waals surface area contributed by atoms with Gasteiger partial charge in [-0.15, -0.1) is 0 Å². The van der Waals surface area contributed by atoms with Gasteiger partial charge in [-0.3, -0.25) is 9.59 Å². The Balaban J connectivity index is 1.73. The minimum Gasteiger partial charge on any atom is -0.399 e. The van der Waals surface area contributed by atoms with E-state index in [0.717, 1.165) is 0 Å². The molecule has 0 aliphatic rings. The van der Waals surface area contributed by atoms with Gasteiger partial charge in [-0.05, 0) is 48.5 Å². The van der Waals surface area contributed by atoms with Crippen molar-refractivity contribution in [2.24, 2.45) is 0 Å². The third kappa shape index (κ3) is 4.23. The molecule has 0 saturated heterocycles. The molecule has 0 fully saturated rings. The third-order valence-corrected chi connectivity index (χ3v) is 3.56. The highest BCUT2D eigenvalue weighted by Gasteiger charge is 2.10. The van der Waals surface area contributed by atoms with Crippen molar-refractivity contribution in [1.82, 2.24) is 0 Å². The van der Waals surface area contributed by atoms with Gasteiger partial charge in [0.05, 0.1) is 0 Å². The Hall–Kier alpha value is -3.60. The predicted octanol–water partition coefficient (Wildman–Crippen LogP) is 3.77. The second-order valence-electron chi connectivity index (χ2n) is 5.48. The van der Waals surface area contributed by atoms with Crippen LogP contribution in [-0.2, 0) is 0 Å². The van der Waals surface area contributed by atoms with Gasteiger partial charge in [0.1, 0.15) is 0 Å². The lowest BCUT2D eigenvalue weighted by atomic mass is 10.1. The van der Waals surface area contributed by atoms with Gasteiger partial charge in [-0.2, -0.15) is 0 Å². The Morgan fingerprint density at radius 2 is 1.20 bits per heavy atom. The molecule has 0 spiro atoms. The molecule has 3 aromatic rings. The lowest BCUT2D eigenvalue weighted by Gasteiger charge is -2.09. The predicted molar refractivity (Wildman–Crippen MR) is 99.6 cm³/mol. The van der Waals surface area contributed by atoms with Gasteiger partial charge in [0.2, 0.25) is 0 Å². The molecule has 124 valence electrons. The van der Waals surface area contributed by atoms with Crippen LogP contribution in [0.1, 0.15) is 20.7 Å². The van der Waals surface area contributed by atoms with Crippen molar-refractivity contribution in [3.63, 3.8) is 0 Å². The topological polar surface area (TPSA) is 84.2 Å². The SMILES string of the molecule is Nc1cccc(C(=O)Nc2cccc(C(=O)Nc3ccccc3)c2)c1. The van der Waals surface area contributed by atoms with E-state index in [9.17, 15) is 9.59 Å². The Labute approximate surface area is 145 Å². The van der Waals surface area contributed by atoms with E-state index in [-0.39, 0.29) is 11.8 Å². The number of hydrogen-bond acceptors (Lipinski definition) is 3. The summed E-state index contributed by atoms with van der Waals surface area (Å²) in [6.45, 7) is 0. The van der Waals surface area contributed by atoms with Gasteiger partial charge in [-0.1, -0.05) is 30.3 Å². The maximum Gasteiger partial charge on any atom is 0.255 e. The fraction of sp³-hybridized carbons (Fsp3) is 0. The Morgan fingerprint density at radius 3 is 1.88 bits per heavy atom. The standard InChI is InChI=1S/C20H17N3O2/c21-16-8-4-6-14(12-16)19(24)23-18-11-5-7-15(13-18)20(25)22-17-9-2-1-3-10-17/h1-13H,21H2,(H,22,25)(H,23,24). The fourth-order valence-electron chi connectivity index (χ4n) is 2.35. The van der Waals surface area contributed by atoms with Crippen LogP contribution in [0, 0.1) is 0 Å². The van der Waals surface area contributed by atoms with Crippen molar-refractivity contribution >= 4 is 28.9 Å². The number of carbonyl (C=O) groups is 2. The molecule has 3 aromatic carbocycles. The summed E-state index contributed by atoms with van der Waals surface area (Å²) in [6.07, 6.45) is 0. The average Bonchev–Trinajstić information content (AvgIpc) is 2.63. The number of carbonyl (C=O) groups excluding carboxylic acids is 2. The number of amides is 2. The van der Waals surface area contributed by atoms with Crippen LogP contribution in [0.5, 0.6) is 0 Å². The van der Waals surface area contributed by atoms with Crippen LogP contribution in [0.25, 0.3) is 0 Å². The van der Waals surface area contributed by atoms with E-state index in [2.05, 4.69) is 10.6 Å². The molecule has 2 amide bonds. The van der Waals surface area contributed by atoms with Crippen LogP contribution < -0.4 is 16.4 Å². The Bertz CT molecular complexity index is 908. The highest BCUT2D eigenvalue weighted by molar-refractivity contribution is 6.07. The Kier molecular flexibility index (Phi) is 4.76. The van der Waals surface area contributed by atoms with Gasteiger partial charge in [0, 0.05) is 28.2 Å². The van der Waals surface area contributed by atoms with Crippen molar-refractivity contribution in [3.05, 3.63) is 90.0 Å². The van der Waals surface area contributed by atoms with Gasteiger partial charge < -0.3 is 16.4 Å². The molecule has 0 aliphatic carbocycles. The second kappa shape index (κ2) is 7.31. The number of rotatable bonds is 4. The molecule has 5 nitrogen and oxygen atoms in total. The van der Waals surface area contributed by atoms with E-state index in [1.165, 1.54) is 0 Å². The second-order valence-corrected chi connectivity index (χ2v) is 5.48. The molecule has 0 radical (unpaired) electrons. The number of nitrogen functional groups attached to an aromatic ring is 1. The summed E-state index contributed by atoms with van der Waals surface area (Å²) in [5.74, 6) is -0.529. The Morgan fingerprint density at radius 1 is 0.640 bits per heavy atom. The lowest BCUT2D eigenvalue weighted by Crippen LogP contribution is -2.14. The van der Waals surface area contributed by atoms with Crippen LogP contribution >= 0.6 is 0 Å². The molecule has 0 atom stereocenters. The van der Waals surface area contributed by atoms with Crippen molar-refractivity contribution in [1.29, 1.82) is 0 Å². The molecule has 0 saturated carbocycles. The summed E-state index contributed by atoms with van der Waals surface area (Å²) < 4.78 is 0. The molecule has 0 bridgehead atoms. The zero-order valence-electron chi connectivity index (χ0n) is 13.4. The molecule has 0 aliphatic heterocycles. The van der Waals surface area contributed by atoms with E-state index in [0.29, 0.717) is 28.2 Å². The first-order valence-corrected chi connectivity index (χ1v) is 7.75. The maximum atomic E-state index is 12.3. The van der Waals surface area contributed by atoms with Crippen molar-refractivity contribution < 1.29 is 9.59 Å². The lowest BCUT2D eigenvalue weighted by molar-refractivity contribution is 0.101. The monoisotopic (exact) mass is 331 g/mol. The molecule has 0 aromatic heterocycles. The normalized spacial score (nSPS) is 10.1. The van der Waals surface area contributed by atoms with Gasteiger partial charge in [0.25, 0.3) is 11.8 Å². The molecule has 4 N–H and O–H groups in total. The van der Waals surface area contributed by atoms with E-state index in [1.54, 1.807) is 48.5 Å². The smallest absolute Gasteiger partial charge is 0.255 e. The minimum absolute atomic E-state index is 0.244. The molecule has 0 heterocycles. The van der Waals surface area contributed by atoms with Crippen molar-refractivity contribution in [2.45, 2.75) is 0 Å². The summed E-state index contributed by atoms with van der Waals surface area (Å²) in [5, 5.41) is 5.58. The molecule has 3 rings (SSSR count). The maximum absolute atomic E-state index is 12.3. The summed E-state index contributed by atoms with van der Waals surface area (Å²) in [5.41, 5.74) is 8.37. The van der Waals surface area contributed by atoms with E-state index in [1.807, 2.05) is 30.3 Å². The van der Waals surface area contributed by atoms with E-state index < -0.39 is 0 Å². The summed E-state index contributed by atoms with van der Waals surface area (Å²) in [6, 6.07) is 22.7. The molecular formula is C20H17N3O2. The highest BCUT2D eigenvalue weighted by Crippen LogP contribution is 2.15. The van der Waals surface area contributed by atoms with Crippen LogP contribution in [-0.4, -0.2) is 11.8 Å². The van der Waals surface area contributed by atoms with E-state index in [4.69, 9.17) is 5.73 Å². The number of benzene rings is 3. The van der Waals surface area contributed by atoms with Crippen LogP contribution in [0.4, 0.5) is 17.1 Å². The summed E-state index contributed by atoms with van der Waals surface area (Å²) in [4.78, 5) is 24.6. The van der Waals surface area contributed by atoms with Crippen LogP contribution in [0.15, 0.2) is 78.9 Å². The van der Waals surface area contributed by atoms with Gasteiger partial charge >= 0.3 is 0 Å². The largest absolute Gasteiger partial charge is 0.399 e. The first-order chi connectivity index (χ1) is 12.1. The number of anilines is 3. The van der Waals surface area contributed by atoms with Crippen LogP contribution in [0.3, 0.4) is 0 Å². The quantitative estimate of drug-likeness (QED) is 0.636. The molecule has 25 heavy (non-hydrogen) atoms. The van der Waals surface area contributed by atoms with Gasteiger partial charge in [0.15, 0.2) is 0 Å². The zero-order valence-corrected chi connectivity index (χ0v) is 13.4. The van der Waals surface area contributed by atoms with Crippen LogP contribution in [0.2, 0.25) is 0 Å².